The summed E-state index contributed by atoms with van der Waals surface area (Å²) in [5, 5.41) is 14.5. The van der Waals surface area contributed by atoms with Gasteiger partial charge in [-0.05, 0) is 47.6 Å². The zero-order chi connectivity index (χ0) is 14.6. The van der Waals surface area contributed by atoms with Crippen molar-refractivity contribution in [3.8, 4) is 0 Å². The summed E-state index contributed by atoms with van der Waals surface area (Å²) in [5.74, 6) is -0.0832. The van der Waals surface area contributed by atoms with Crippen LogP contribution in [0.15, 0.2) is 11.4 Å². The molecule has 0 aliphatic heterocycles. The summed E-state index contributed by atoms with van der Waals surface area (Å²) in [6.45, 7) is 6.27. The first-order chi connectivity index (χ1) is 9.52. The molecule has 0 amide bonds. The van der Waals surface area contributed by atoms with E-state index in [2.05, 4.69) is 19.2 Å². The van der Waals surface area contributed by atoms with Crippen molar-refractivity contribution >= 4 is 17.3 Å². The molecule has 1 saturated carbocycles. The first kappa shape index (κ1) is 15.5. The lowest BCUT2D eigenvalue weighted by Gasteiger charge is -2.31. The first-order valence-electron chi connectivity index (χ1n) is 7.53. The zero-order valence-corrected chi connectivity index (χ0v) is 13.3. The van der Waals surface area contributed by atoms with Gasteiger partial charge in [0, 0.05) is 13.1 Å². The number of hydrogen-bond donors (Lipinski definition) is 2. The van der Waals surface area contributed by atoms with Gasteiger partial charge in [-0.25, -0.2) is 4.79 Å². The number of hydrogen-bond acceptors (Lipinski definition) is 3. The van der Waals surface area contributed by atoms with Crippen molar-refractivity contribution in [3.63, 3.8) is 0 Å². The smallest absolute Gasteiger partial charge is 0.346 e. The molecule has 1 aromatic rings. The molecule has 0 radical (unpaired) electrons. The molecule has 1 aliphatic carbocycles. The van der Waals surface area contributed by atoms with Crippen molar-refractivity contribution in [2.75, 3.05) is 6.54 Å². The molecule has 4 heteroatoms. The summed E-state index contributed by atoms with van der Waals surface area (Å²) in [4.78, 5) is 11.6. The number of aromatic carboxylic acids is 1. The highest BCUT2D eigenvalue weighted by molar-refractivity contribution is 7.12. The zero-order valence-electron chi connectivity index (χ0n) is 12.4. The van der Waals surface area contributed by atoms with Gasteiger partial charge >= 0.3 is 5.97 Å². The molecule has 0 spiro atoms. The minimum Gasteiger partial charge on any atom is -0.477 e. The van der Waals surface area contributed by atoms with Gasteiger partial charge in [-0.2, -0.15) is 0 Å². The minimum atomic E-state index is -0.811. The van der Waals surface area contributed by atoms with E-state index in [0.29, 0.717) is 16.8 Å². The van der Waals surface area contributed by atoms with Crippen LogP contribution in [0.3, 0.4) is 0 Å². The molecule has 20 heavy (non-hydrogen) atoms. The molecule has 1 aliphatic rings. The van der Waals surface area contributed by atoms with Gasteiger partial charge in [-0.1, -0.05) is 26.7 Å². The number of carboxylic acid groups (broad SMARTS) is 1. The van der Waals surface area contributed by atoms with Crippen LogP contribution in [0.5, 0.6) is 0 Å². The Hall–Kier alpha value is -0.870. The van der Waals surface area contributed by atoms with Gasteiger partial charge in [-0.3, -0.25) is 0 Å². The SMILES string of the molecule is CC(C)CC1(CNCc2ccsc2C(=O)O)CCCC1. The van der Waals surface area contributed by atoms with Crippen LogP contribution in [0, 0.1) is 11.3 Å². The van der Waals surface area contributed by atoms with Gasteiger partial charge in [0.05, 0.1) is 0 Å². The Balaban J connectivity index is 1.90. The summed E-state index contributed by atoms with van der Waals surface area (Å²) < 4.78 is 0. The van der Waals surface area contributed by atoms with Crippen LogP contribution >= 0.6 is 11.3 Å². The van der Waals surface area contributed by atoms with Crippen LogP contribution < -0.4 is 5.32 Å². The van der Waals surface area contributed by atoms with E-state index in [1.807, 2.05) is 11.4 Å². The molecule has 0 unspecified atom stereocenters. The third-order valence-electron chi connectivity index (χ3n) is 4.26. The monoisotopic (exact) mass is 295 g/mol. The molecule has 1 fully saturated rings. The van der Waals surface area contributed by atoms with E-state index < -0.39 is 5.97 Å². The van der Waals surface area contributed by atoms with Crippen molar-refractivity contribution in [1.82, 2.24) is 5.32 Å². The van der Waals surface area contributed by atoms with Crippen LogP contribution in [0.25, 0.3) is 0 Å². The molecule has 1 heterocycles. The number of thiophene rings is 1. The predicted molar refractivity (Wildman–Crippen MR) is 83.3 cm³/mol. The van der Waals surface area contributed by atoms with Crippen LogP contribution in [0.2, 0.25) is 0 Å². The van der Waals surface area contributed by atoms with Gasteiger partial charge in [0.15, 0.2) is 0 Å². The summed E-state index contributed by atoms with van der Waals surface area (Å²) in [6.07, 6.45) is 6.58. The Kier molecular flexibility index (Phi) is 5.22. The fourth-order valence-corrected chi connectivity index (χ4v) is 4.33. The Bertz CT molecular complexity index is 447. The van der Waals surface area contributed by atoms with Gasteiger partial charge in [0.25, 0.3) is 0 Å². The molecule has 0 aromatic carbocycles. The predicted octanol–water partition coefficient (Wildman–Crippen LogP) is 4.14. The normalized spacial score (nSPS) is 17.8. The Morgan fingerprint density at radius 1 is 1.45 bits per heavy atom. The summed E-state index contributed by atoms with van der Waals surface area (Å²) in [7, 11) is 0. The summed E-state index contributed by atoms with van der Waals surface area (Å²) >= 11 is 1.31. The Morgan fingerprint density at radius 2 is 2.15 bits per heavy atom. The molecule has 0 saturated heterocycles. The van der Waals surface area contributed by atoms with Crippen LogP contribution in [0.1, 0.15) is 61.2 Å². The molecule has 3 nitrogen and oxygen atoms in total. The number of nitrogens with one attached hydrogen (secondary N) is 1. The molecule has 0 atom stereocenters. The largest absolute Gasteiger partial charge is 0.477 e. The molecule has 2 N–H and O–H groups in total. The van der Waals surface area contributed by atoms with Crippen LogP contribution in [-0.2, 0) is 6.54 Å². The standard InChI is InChI=1S/C16H25NO2S/c1-12(2)9-16(6-3-4-7-16)11-17-10-13-5-8-20-14(13)15(18)19/h5,8,12,17H,3-4,6-7,9-11H2,1-2H3,(H,18,19). The second kappa shape index (κ2) is 6.72. The van der Waals surface area contributed by atoms with Crippen molar-refractivity contribution in [1.29, 1.82) is 0 Å². The van der Waals surface area contributed by atoms with Gasteiger partial charge in [0.1, 0.15) is 4.88 Å². The molecule has 1 aromatic heterocycles. The third-order valence-corrected chi connectivity index (χ3v) is 5.21. The third kappa shape index (κ3) is 3.83. The highest BCUT2D eigenvalue weighted by Crippen LogP contribution is 2.42. The number of carboxylic acids is 1. The van der Waals surface area contributed by atoms with Crippen LogP contribution in [-0.4, -0.2) is 17.6 Å². The molecule has 0 bridgehead atoms. The van der Waals surface area contributed by atoms with Crippen LogP contribution in [0.4, 0.5) is 0 Å². The average Bonchev–Trinajstić information content (AvgIpc) is 2.98. The van der Waals surface area contributed by atoms with Crippen molar-refractivity contribution in [2.45, 2.75) is 52.5 Å². The summed E-state index contributed by atoms with van der Waals surface area (Å²) in [5.41, 5.74) is 1.35. The van der Waals surface area contributed by atoms with Crippen molar-refractivity contribution in [3.05, 3.63) is 21.9 Å². The lowest BCUT2D eigenvalue weighted by molar-refractivity contribution is 0.0701. The molecule has 112 valence electrons. The quantitative estimate of drug-likeness (QED) is 0.794. The number of carbonyl (C=O) groups is 1. The van der Waals surface area contributed by atoms with E-state index in [-0.39, 0.29) is 0 Å². The highest BCUT2D eigenvalue weighted by Gasteiger charge is 2.33. The average molecular weight is 295 g/mol. The minimum absolute atomic E-state index is 0.438. The Morgan fingerprint density at radius 3 is 2.75 bits per heavy atom. The van der Waals surface area contributed by atoms with E-state index in [1.165, 1.54) is 43.4 Å². The van der Waals surface area contributed by atoms with E-state index in [0.717, 1.165) is 18.0 Å². The fourth-order valence-electron chi connectivity index (χ4n) is 3.57. The molecular weight excluding hydrogens is 270 g/mol. The fraction of sp³-hybridized carbons (Fsp3) is 0.688. The van der Waals surface area contributed by atoms with E-state index in [4.69, 9.17) is 5.11 Å². The van der Waals surface area contributed by atoms with Gasteiger partial charge in [0.2, 0.25) is 0 Å². The summed E-state index contributed by atoms with van der Waals surface area (Å²) in [6, 6.07) is 1.92. The van der Waals surface area contributed by atoms with E-state index in [1.54, 1.807) is 0 Å². The maximum atomic E-state index is 11.1. The second-order valence-electron chi connectivity index (χ2n) is 6.49. The van der Waals surface area contributed by atoms with Gasteiger partial charge < -0.3 is 10.4 Å². The lowest BCUT2D eigenvalue weighted by atomic mass is 9.78. The Labute approximate surface area is 125 Å². The van der Waals surface area contributed by atoms with Gasteiger partial charge in [-0.15, -0.1) is 11.3 Å². The number of rotatable bonds is 7. The topological polar surface area (TPSA) is 49.3 Å². The van der Waals surface area contributed by atoms with Crippen molar-refractivity contribution < 1.29 is 9.90 Å². The lowest BCUT2D eigenvalue weighted by Crippen LogP contribution is -2.33. The van der Waals surface area contributed by atoms with Crippen molar-refractivity contribution in [2.24, 2.45) is 11.3 Å². The second-order valence-corrected chi connectivity index (χ2v) is 7.40. The molecule has 2 rings (SSSR count). The first-order valence-corrected chi connectivity index (χ1v) is 8.41. The van der Waals surface area contributed by atoms with E-state index in [9.17, 15) is 4.79 Å². The molecular formula is C16H25NO2S. The highest BCUT2D eigenvalue weighted by atomic mass is 32.1. The van der Waals surface area contributed by atoms with E-state index >= 15 is 0 Å². The maximum Gasteiger partial charge on any atom is 0.346 e. The maximum absolute atomic E-state index is 11.1.